The van der Waals surface area contributed by atoms with Gasteiger partial charge in [-0.05, 0) is 50.8 Å². The van der Waals surface area contributed by atoms with Gasteiger partial charge in [-0.15, -0.1) is 0 Å². The van der Waals surface area contributed by atoms with Crippen LogP contribution in [-0.4, -0.2) is 23.9 Å². The number of furan rings is 1. The lowest BCUT2D eigenvalue weighted by Crippen LogP contribution is -2.50. The van der Waals surface area contributed by atoms with Gasteiger partial charge in [-0.1, -0.05) is 12.8 Å². The molecular formula is C16H24N2O2. The molecule has 20 heavy (non-hydrogen) atoms. The lowest BCUT2D eigenvalue weighted by molar-refractivity contribution is -0.132. The van der Waals surface area contributed by atoms with Gasteiger partial charge in [0.2, 0.25) is 5.91 Å². The van der Waals surface area contributed by atoms with Crippen molar-refractivity contribution in [3.8, 4) is 0 Å². The molecule has 1 atom stereocenters. The molecule has 2 aliphatic rings. The summed E-state index contributed by atoms with van der Waals surface area (Å²) in [6, 6.07) is 4.02. The largest absolute Gasteiger partial charge is 0.465 e. The summed E-state index contributed by atoms with van der Waals surface area (Å²) in [6.07, 6.45) is 5.52. The van der Waals surface area contributed by atoms with E-state index in [0.717, 1.165) is 56.3 Å². The Balaban J connectivity index is 1.68. The van der Waals surface area contributed by atoms with Gasteiger partial charge in [0.1, 0.15) is 11.5 Å². The number of primary amides is 1. The number of carbonyl (C=O) groups is 1. The van der Waals surface area contributed by atoms with E-state index in [1.807, 2.05) is 19.1 Å². The first-order chi connectivity index (χ1) is 9.57. The fourth-order valence-corrected chi connectivity index (χ4v) is 3.50. The zero-order valence-electron chi connectivity index (χ0n) is 12.2. The van der Waals surface area contributed by atoms with Crippen molar-refractivity contribution in [1.82, 2.24) is 4.90 Å². The fraction of sp³-hybridized carbons (Fsp3) is 0.688. The molecule has 1 aromatic rings. The lowest BCUT2D eigenvalue weighted by atomic mass is 9.75. The van der Waals surface area contributed by atoms with Gasteiger partial charge in [-0.2, -0.15) is 0 Å². The molecule has 2 heterocycles. The molecule has 1 aromatic heterocycles. The zero-order valence-corrected chi connectivity index (χ0v) is 12.2. The number of aryl methyl sites for hydroxylation is 1. The van der Waals surface area contributed by atoms with Crippen molar-refractivity contribution >= 4 is 5.91 Å². The zero-order chi connectivity index (χ0) is 14.2. The number of rotatable bonds is 5. The molecule has 1 saturated heterocycles. The maximum atomic E-state index is 12.0. The van der Waals surface area contributed by atoms with Crippen LogP contribution in [0.4, 0.5) is 0 Å². The highest BCUT2D eigenvalue weighted by molar-refractivity contribution is 5.81. The van der Waals surface area contributed by atoms with Crippen molar-refractivity contribution < 1.29 is 9.21 Å². The summed E-state index contributed by atoms with van der Waals surface area (Å²) in [4.78, 5) is 14.3. The molecule has 1 saturated carbocycles. The molecule has 0 radical (unpaired) electrons. The number of nitrogens with zero attached hydrogens (tertiary/aromatic N) is 1. The Kier molecular flexibility index (Phi) is 3.59. The number of hydrogen-bond donors (Lipinski definition) is 1. The van der Waals surface area contributed by atoms with Crippen LogP contribution in [0.1, 0.15) is 43.6 Å². The molecule has 1 aliphatic carbocycles. The highest BCUT2D eigenvalue weighted by Crippen LogP contribution is 2.44. The Morgan fingerprint density at radius 1 is 1.50 bits per heavy atom. The highest BCUT2D eigenvalue weighted by atomic mass is 16.3. The molecule has 0 bridgehead atoms. The molecule has 4 heteroatoms. The molecule has 0 unspecified atom stereocenters. The summed E-state index contributed by atoms with van der Waals surface area (Å²) in [5.41, 5.74) is 5.44. The number of amides is 1. The second kappa shape index (κ2) is 5.24. The minimum Gasteiger partial charge on any atom is -0.465 e. The number of likely N-dealkylation sites (tertiary alicyclic amines) is 1. The van der Waals surface area contributed by atoms with Gasteiger partial charge in [-0.25, -0.2) is 0 Å². The van der Waals surface area contributed by atoms with E-state index < -0.39 is 0 Å². The van der Waals surface area contributed by atoms with Crippen LogP contribution in [0.25, 0.3) is 0 Å². The molecule has 0 aromatic carbocycles. The molecule has 110 valence electrons. The predicted molar refractivity (Wildman–Crippen MR) is 76.9 cm³/mol. The van der Waals surface area contributed by atoms with Crippen LogP contribution < -0.4 is 5.73 Å². The highest BCUT2D eigenvalue weighted by Gasteiger charge is 2.44. The molecule has 4 nitrogen and oxygen atoms in total. The van der Waals surface area contributed by atoms with Crippen LogP contribution >= 0.6 is 0 Å². The maximum absolute atomic E-state index is 12.0. The quantitative estimate of drug-likeness (QED) is 0.898. The second-order valence-corrected chi connectivity index (χ2v) is 6.62. The monoisotopic (exact) mass is 276 g/mol. The van der Waals surface area contributed by atoms with Gasteiger partial charge >= 0.3 is 0 Å². The van der Waals surface area contributed by atoms with Gasteiger partial charge in [0.25, 0.3) is 0 Å². The summed E-state index contributed by atoms with van der Waals surface area (Å²) < 4.78 is 5.65. The molecular weight excluding hydrogens is 252 g/mol. The molecule has 1 amide bonds. The summed E-state index contributed by atoms with van der Waals surface area (Å²) in [5.74, 6) is 2.54. The molecule has 0 spiro atoms. The lowest BCUT2D eigenvalue weighted by Gasteiger charge is -2.40. The molecule has 2 fully saturated rings. The smallest absolute Gasteiger partial charge is 0.224 e. The summed E-state index contributed by atoms with van der Waals surface area (Å²) in [5, 5.41) is 0. The second-order valence-electron chi connectivity index (χ2n) is 6.62. The Bertz CT molecular complexity index is 492. The number of piperidine rings is 1. The molecule has 2 N–H and O–H groups in total. The van der Waals surface area contributed by atoms with E-state index in [1.54, 1.807) is 0 Å². The van der Waals surface area contributed by atoms with Crippen LogP contribution in [0, 0.1) is 18.3 Å². The third-order valence-corrected chi connectivity index (χ3v) is 4.73. The van der Waals surface area contributed by atoms with Crippen molar-refractivity contribution in [3.05, 3.63) is 23.7 Å². The topological polar surface area (TPSA) is 59.5 Å². The van der Waals surface area contributed by atoms with Crippen LogP contribution in [-0.2, 0) is 11.3 Å². The van der Waals surface area contributed by atoms with Crippen molar-refractivity contribution in [2.75, 3.05) is 13.1 Å². The van der Waals surface area contributed by atoms with E-state index in [2.05, 4.69) is 4.90 Å². The normalized spacial score (nSPS) is 27.6. The van der Waals surface area contributed by atoms with Crippen LogP contribution in [0.2, 0.25) is 0 Å². The van der Waals surface area contributed by atoms with Crippen molar-refractivity contribution in [3.63, 3.8) is 0 Å². The van der Waals surface area contributed by atoms with E-state index in [1.165, 1.54) is 12.8 Å². The van der Waals surface area contributed by atoms with E-state index in [9.17, 15) is 4.79 Å². The van der Waals surface area contributed by atoms with Crippen LogP contribution in [0.3, 0.4) is 0 Å². The third kappa shape index (κ3) is 2.90. The minimum absolute atomic E-state index is 0.107. The van der Waals surface area contributed by atoms with Crippen molar-refractivity contribution in [1.29, 1.82) is 0 Å². The van der Waals surface area contributed by atoms with Gasteiger partial charge in [0.15, 0.2) is 0 Å². The van der Waals surface area contributed by atoms with E-state index in [4.69, 9.17) is 10.2 Å². The minimum atomic E-state index is -0.305. The SMILES string of the molecule is Cc1ccc(CN2CCC[C@](CC3CC3)(C(N)=O)C2)o1. The van der Waals surface area contributed by atoms with Gasteiger partial charge in [0.05, 0.1) is 12.0 Å². The number of nitrogens with two attached hydrogens (primary N) is 1. The first-order valence-corrected chi connectivity index (χ1v) is 7.65. The molecule has 1 aliphatic heterocycles. The first kappa shape index (κ1) is 13.7. The van der Waals surface area contributed by atoms with Gasteiger partial charge in [0, 0.05) is 6.54 Å². The van der Waals surface area contributed by atoms with E-state index in [-0.39, 0.29) is 11.3 Å². The fourth-order valence-electron chi connectivity index (χ4n) is 3.50. The summed E-state index contributed by atoms with van der Waals surface area (Å²) in [6.45, 7) is 4.56. The van der Waals surface area contributed by atoms with E-state index in [0.29, 0.717) is 0 Å². The Hall–Kier alpha value is -1.29. The van der Waals surface area contributed by atoms with Gasteiger partial charge in [-0.3, -0.25) is 9.69 Å². The summed E-state index contributed by atoms with van der Waals surface area (Å²) in [7, 11) is 0. The number of carbonyl (C=O) groups excluding carboxylic acids is 1. The van der Waals surface area contributed by atoms with E-state index >= 15 is 0 Å². The third-order valence-electron chi connectivity index (χ3n) is 4.73. The Morgan fingerprint density at radius 3 is 2.90 bits per heavy atom. The average molecular weight is 276 g/mol. The summed E-state index contributed by atoms with van der Waals surface area (Å²) >= 11 is 0. The first-order valence-electron chi connectivity index (χ1n) is 7.65. The predicted octanol–water partition coefficient (Wildman–Crippen LogP) is 2.46. The Labute approximate surface area is 120 Å². The van der Waals surface area contributed by atoms with Crippen molar-refractivity contribution in [2.24, 2.45) is 17.1 Å². The Morgan fingerprint density at radius 2 is 2.30 bits per heavy atom. The average Bonchev–Trinajstić information content (AvgIpc) is 3.11. The standard InChI is InChI=1S/C16H24N2O2/c1-12-3-6-14(20-12)10-18-8-2-7-16(11-18,15(17)19)9-13-4-5-13/h3,6,13H,2,4-5,7-11H2,1H3,(H2,17,19)/t16-/m1/s1. The number of hydrogen-bond acceptors (Lipinski definition) is 3. The van der Waals surface area contributed by atoms with Crippen LogP contribution in [0.15, 0.2) is 16.5 Å². The molecule has 3 rings (SSSR count). The van der Waals surface area contributed by atoms with Gasteiger partial charge < -0.3 is 10.2 Å². The van der Waals surface area contributed by atoms with Crippen LogP contribution in [0.5, 0.6) is 0 Å². The van der Waals surface area contributed by atoms with Crippen molar-refractivity contribution in [2.45, 2.75) is 45.6 Å². The maximum Gasteiger partial charge on any atom is 0.224 e.